The molecule has 1 fully saturated rings. The Morgan fingerprint density at radius 3 is 2.68 bits per heavy atom. The van der Waals surface area contributed by atoms with Gasteiger partial charge in [0.25, 0.3) is 5.56 Å². The average Bonchev–Trinajstić information content (AvgIpc) is 2.91. The van der Waals surface area contributed by atoms with E-state index < -0.39 is 0 Å². The smallest absolute Gasteiger partial charge is 0.254 e. The Bertz CT molecular complexity index is 694. The SMILES string of the molecule is Cc1ccc(C)c2c1cc(C1CCNC1)c(=O)n2C. The van der Waals surface area contributed by atoms with Gasteiger partial charge in [-0.25, -0.2) is 0 Å². The van der Waals surface area contributed by atoms with E-state index in [2.05, 4.69) is 37.4 Å². The molecule has 0 saturated carbocycles. The van der Waals surface area contributed by atoms with Crippen LogP contribution in [0.2, 0.25) is 0 Å². The molecule has 1 unspecified atom stereocenters. The van der Waals surface area contributed by atoms with Gasteiger partial charge in [-0.15, -0.1) is 0 Å². The predicted molar refractivity (Wildman–Crippen MR) is 78.9 cm³/mol. The fourth-order valence-electron chi connectivity index (χ4n) is 3.17. The summed E-state index contributed by atoms with van der Waals surface area (Å²) in [5, 5.41) is 4.56. The zero-order valence-electron chi connectivity index (χ0n) is 11.8. The molecular weight excluding hydrogens is 236 g/mol. The number of nitrogens with one attached hydrogen (secondary N) is 1. The third-order valence-electron chi connectivity index (χ3n) is 4.32. The van der Waals surface area contributed by atoms with Gasteiger partial charge in [0.15, 0.2) is 0 Å². The highest BCUT2D eigenvalue weighted by Crippen LogP contribution is 2.26. The first-order valence-electron chi connectivity index (χ1n) is 6.90. The van der Waals surface area contributed by atoms with Crippen LogP contribution in [0.25, 0.3) is 10.9 Å². The summed E-state index contributed by atoms with van der Waals surface area (Å²) < 4.78 is 1.82. The van der Waals surface area contributed by atoms with Crippen LogP contribution in [0, 0.1) is 13.8 Å². The molecule has 1 aliphatic rings. The molecule has 1 saturated heterocycles. The lowest BCUT2D eigenvalue weighted by atomic mass is 9.96. The van der Waals surface area contributed by atoms with Crippen molar-refractivity contribution in [1.82, 2.24) is 9.88 Å². The maximum Gasteiger partial charge on any atom is 0.254 e. The Kier molecular flexibility index (Phi) is 2.94. The highest BCUT2D eigenvalue weighted by molar-refractivity contribution is 5.86. The van der Waals surface area contributed by atoms with Crippen LogP contribution in [0.3, 0.4) is 0 Å². The first-order valence-corrected chi connectivity index (χ1v) is 6.90. The van der Waals surface area contributed by atoms with Crippen molar-refractivity contribution >= 4 is 10.9 Å². The van der Waals surface area contributed by atoms with Gasteiger partial charge in [0.2, 0.25) is 0 Å². The van der Waals surface area contributed by atoms with Gasteiger partial charge in [-0.2, -0.15) is 0 Å². The second kappa shape index (κ2) is 4.49. The number of aryl methyl sites for hydroxylation is 3. The maximum absolute atomic E-state index is 12.6. The van der Waals surface area contributed by atoms with Crippen molar-refractivity contribution in [3.05, 3.63) is 45.2 Å². The van der Waals surface area contributed by atoms with E-state index in [1.165, 1.54) is 10.9 Å². The van der Waals surface area contributed by atoms with Crippen molar-refractivity contribution in [3.63, 3.8) is 0 Å². The van der Waals surface area contributed by atoms with E-state index in [1.807, 2.05) is 11.6 Å². The molecule has 1 aliphatic heterocycles. The number of benzene rings is 1. The molecule has 0 spiro atoms. The summed E-state index contributed by atoms with van der Waals surface area (Å²) in [6.07, 6.45) is 1.06. The van der Waals surface area contributed by atoms with Crippen LogP contribution in [0.4, 0.5) is 0 Å². The van der Waals surface area contributed by atoms with Gasteiger partial charge in [0.05, 0.1) is 5.52 Å². The quantitative estimate of drug-likeness (QED) is 0.849. The van der Waals surface area contributed by atoms with Crippen LogP contribution in [-0.2, 0) is 7.05 Å². The number of hydrogen-bond acceptors (Lipinski definition) is 2. The Morgan fingerprint density at radius 2 is 2.00 bits per heavy atom. The molecule has 2 heterocycles. The van der Waals surface area contributed by atoms with Gasteiger partial charge in [-0.3, -0.25) is 4.79 Å². The van der Waals surface area contributed by atoms with Crippen molar-refractivity contribution in [3.8, 4) is 0 Å². The van der Waals surface area contributed by atoms with Crippen molar-refractivity contribution in [2.24, 2.45) is 7.05 Å². The molecule has 0 aliphatic carbocycles. The van der Waals surface area contributed by atoms with E-state index in [-0.39, 0.29) is 5.56 Å². The summed E-state index contributed by atoms with van der Waals surface area (Å²) in [7, 11) is 1.89. The highest BCUT2D eigenvalue weighted by Gasteiger charge is 2.21. The van der Waals surface area contributed by atoms with E-state index >= 15 is 0 Å². The van der Waals surface area contributed by atoms with Crippen molar-refractivity contribution < 1.29 is 0 Å². The molecule has 19 heavy (non-hydrogen) atoms. The van der Waals surface area contributed by atoms with E-state index in [1.54, 1.807) is 0 Å². The zero-order valence-corrected chi connectivity index (χ0v) is 11.8. The molecule has 2 aromatic rings. The molecule has 1 aromatic heterocycles. The molecule has 0 amide bonds. The maximum atomic E-state index is 12.6. The molecule has 3 nitrogen and oxygen atoms in total. The molecule has 3 rings (SSSR count). The monoisotopic (exact) mass is 256 g/mol. The predicted octanol–water partition coefficient (Wildman–Crippen LogP) is 2.23. The Hall–Kier alpha value is -1.61. The lowest BCUT2D eigenvalue weighted by Gasteiger charge is -2.15. The number of aromatic nitrogens is 1. The molecule has 0 bridgehead atoms. The van der Waals surface area contributed by atoms with Gasteiger partial charge in [0.1, 0.15) is 0 Å². The highest BCUT2D eigenvalue weighted by atomic mass is 16.1. The Morgan fingerprint density at radius 1 is 1.26 bits per heavy atom. The van der Waals surface area contributed by atoms with Gasteiger partial charge in [0, 0.05) is 30.5 Å². The van der Waals surface area contributed by atoms with Gasteiger partial charge in [-0.1, -0.05) is 12.1 Å². The summed E-state index contributed by atoms with van der Waals surface area (Å²) in [5.74, 6) is 0.364. The van der Waals surface area contributed by atoms with Crippen molar-refractivity contribution in [1.29, 1.82) is 0 Å². The number of nitrogens with zero attached hydrogens (tertiary/aromatic N) is 1. The molecule has 1 atom stereocenters. The van der Waals surface area contributed by atoms with Crippen LogP contribution in [0.5, 0.6) is 0 Å². The van der Waals surface area contributed by atoms with Gasteiger partial charge < -0.3 is 9.88 Å². The number of fused-ring (bicyclic) bond motifs is 1. The minimum atomic E-state index is 0.162. The van der Waals surface area contributed by atoms with Crippen molar-refractivity contribution in [2.75, 3.05) is 13.1 Å². The third-order valence-corrected chi connectivity index (χ3v) is 4.32. The molecule has 1 aromatic carbocycles. The van der Waals surface area contributed by atoms with E-state index in [0.717, 1.165) is 36.2 Å². The number of pyridine rings is 1. The first kappa shape index (κ1) is 12.4. The van der Waals surface area contributed by atoms with Crippen LogP contribution in [0.15, 0.2) is 23.0 Å². The van der Waals surface area contributed by atoms with Crippen LogP contribution in [0.1, 0.15) is 29.0 Å². The van der Waals surface area contributed by atoms with Crippen molar-refractivity contribution in [2.45, 2.75) is 26.2 Å². The van der Waals surface area contributed by atoms with Gasteiger partial charge in [-0.05, 0) is 44.0 Å². The van der Waals surface area contributed by atoms with Crippen LogP contribution in [-0.4, -0.2) is 17.7 Å². The normalized spacial score (nSPS) is 19.2. The standard InChI is InChI=1S/C16H20N2O/c1-10-4-5-11(2)15-13(10)8-14(16(19)18(15)3)12-6-7-17-9-12/h4-5,8,12,17H,6-7,9H2,1-3H3. The van der Waals surface area contributed by atoms with Gasteiger partial charge >= 0.3 is 0 Å². The lowest BCUT2D eigenvalue weighted by Crippen LogP contribution is -2.25. The minimum absolute atomic E-state index is 0.162. The topological polar surface area (TPSA) is 34.0 Å². The Balaban J connectivity index is 2.34. The van der Waals surface area contributed by atoms with E-state index in [0.29, 0.717) is 5.92 Å². The lowest BCUT2D eigenvalue weighted by molar-refractivity contribution is 0.733. The molecular formula is C16H20N2O. The summed E-state index contributed by atoms with van der Waals surface area (Å²) in [6, 6.07) is 6.35. The first-order chi connectivity index (χ1) is 9.09. The molecule has 100 valence electrons. The largest absolute Gasteiger partial charge is 0.316 e. The summed E-state index contributed by atoms with van der Waals surface area (Å²) in [5.41, 5.74) is 4.60. The second-order valence-corrected chi connectivity index (χ2v) is 5.62. The second-order valence-electron chi connectivity index (χ2n) is 5.62. The fraction of sp³-hybridized carbons (Fsp3) is 0.438. The van der Waals surface area contributed by atoms with E-state index in [9.17, 15) is 4.79 Å². The summed E-state index contributed by atoms with van der Waals surface area (Å²) in [6.45, 7) is 6.12. The minimum Gasteiger partial charge on any atom is -0.316 e. The molecule has 0 radical (unpaired) electrons. The zero-order chi connectivity index (χ0) is 13.6. The fourth-order valence-corrected chi connectivity index (χ4v) is 3.17. The number of rotatable bonds is 1. The third kappa shape index (κ3) is 1.89. The molecule has 1 N–H and O–H groups in total. The van der Waals surface area contributed by atoms with E-state index in [4.69, 9.17) is 0 Å². The molecule has 3 heteroatoms. The number of hydrogen-bond donors (Lipinski definition) is 1. The van der Waals surface area contributed by atoms with Crippen LogP contribution < -0.4 is 10.9 Å². The average molecular weight is 256 g/mol. The summed E-state index contributed by atoms with van der Waals surface area (Å²) in [4.78, 5) is 12.6. The van der Waals surface area contributed by atoms with Crippen LogP contribution >= 0.6 is 0 Å². The summed E-state index contributed by atoms with van der Waals surface area (Å²) >= 11 is 0. The Labute approximate surface area is 113 Å².